The predicted octanol–water partition coefficient (Wildman–Crippen LogP) is 4.87. The largest absolute Gasteiger partial charge is 0.436 e. The van der Waals surface area contributed by atoms with Gasteiger partial charge in [0, 0.05) is 22.1 Å². The lowest BCUT2D eigenvalue weighted by Crippen LogP contribution is -2.33. The zero-order valence-corrected chi connectivity index (χ0v) is 15.9. The van der Waals surface area contributed by atoms with E-state index in [1.807, 2.05) is 49.4 Å². The molecule has 5 nitrogen and oxygen atoms in total. The van der Waals surface area contributed by atoms with E-state index in [4.69, 9.17) is 16.6 Å². The molecule has 25 heavy (non-hydrogen) atoms. The summed E-state index contributed by atoms with van der Waals surface area (Å²) in [6, 6.07) is 13.2. The van der Waals surface area contributed by atoms with Crippen molar-refractivity contribution in [3.8, 4) is 11.5 Å². The zero-order valence-electron chi connectivity index (χ0n) is 13.5. The summed E-state index contributed by atoms with van der Waals surface area (Å²) in [6.07, 6.45) is 1.22. The van der Waals surface area contributed by atoms with E-state index in [9.17, 15) is 4.79 Å². The van der Waals surface area contributed by atoms with Crippen LogP contribution in [0.3, 0.4) is 0 Å². The number of nitrogens with zero attached hydrogens (tertiary/aromatic N) is 1. The summed E-state index contributed by atoms with van der Waals surface area (Å²) >= 11 is 8.60. The fourth-order valence-electron chi connectivity index (χ4n) is 2.33. The van der Waals surface area contributed by atoms with Crippen LogP contribution in [0.15, 0.2) is 51.4 Å². The highest BCUT2D eigenvalue weighted by Gasteiger charge is 2.10. The molecule has 0 bridgehead atoms. The van der Waals surface area contributed by atoms with Gasteiger partial charge in [0.2, 0.25) is 11.8 Å². The number of thiocarbonyl (C=S) groups is 1. The maximum Gasteiger partial charge on any atom is 0.227 e. The van der Waals surface area contributed by atoms with Crippen molar-refractivity contribution < 1.29 is 9.21 Å². The number of carbonyl (C=O) groups excluding carboxylic acids is 1. The van der Waals surface area contributed by atoms with E-state index in [1.54, 1.807) is 0 Å². The fourth-order valence-corrected chi connectivity index (χ4v) is 2.96. The topological polar surface area (TPSA) is 67.2 Å². The predicted molar refractivity (Wildman–Crippen MR) is 106 cm³/mol. The number of rotatable bonds is 4. The molecule has 3 rings (SSSR count). The lowest BCUT2D eigenvalue weighted by atomic mass is 10.2. The van der Waals surface area contributed by atoms with Crippen LogP contribution in [0.1, 0.15) is 19.8 Å². The minimum atomic E-state index is -0.0977. The third kappa shape index (κ3) is 4.43. The van der Waals surface area contributed by atoms with Crippen molar-refractivity contribution >= 4 is 56.0 Å². The highest BCUT2D eigenvalue weighted by molar-refractivity contribution is 9.10. The van der Waals surface area contributed by atoms with Gasteiger partial charge >= 0.3 is 0 Å². The average molecular weight is 418 g/mol. The average Bonchev–Trinajstić information content (AvgIpc) is 2.98. The van der Waals surface area contributed by atoms with E-state index in [2.05, 4.69) is 31.5 Å². The second kappa shape index (κ2) is 7.76. The maximum absolute atomic E-state index is 11.6. The quantitative estimate of drug-likeness (QED) is 0.592. The number of halogens is 1. The monoisotopic (exact) mass is 417 g/mol. The van der Waals surface area contributed by atoms with Crippen molar-refractivity contribution in [2.75, 3.05) is 5.32 Å². The number of anilines is 1. The van der Waals surface area contributed by atoms with Gasteiger partial charge in [-0.3, -0.25) is 4.79 Å². The highest BCUT2D eigenvalue weighted by atomic mass is 79.9. The first kappa shape index (κ1) is 17.6. The van der Waals surface area contributed by atoms with E-state index in [-0.39, 0.29) is 11.0 Å². The number of nitrogens with one attached hydrogen (secondary N) is 2. The minimum absolute atomic E-state index is 0.0977. The molecule has 1 aromatic heterocycles. The molecular weight excluding hydrogens is 402 g/mol. The van der Waals surface area contributed by atoms with Crippen molar-refractivity contribution in [3.63, 3.8) is 0 Å². The van der Waals surface area contributed by atoms with Crippen LogP contribution in [0.2, 0.25) is 0 Å². The molecule has 3 aromatic rings. The molecule has 2 N–H and O–H groups in total. The van der Waals surface area contributed by atoms with Crippen molar-refractivity contribution in [3.05, 3.63) is 46.9 Å². The van der Waals surface area contributed by atoms with Gasteiger partial charge in [-0.15, -0.1) is 0 Å². The first-order chi connectivity index (χ1) is 12.0. The van der Waals surface area contributed by atoms with E-state index >= 15 is 0 Å². The molecule has 0 saturated carbocycles. The Morgan fingerprint density at radius 1 is 1.28 bits per heavy atom. The molecule has 1 heterocycles. The molecule has 0 saturated heterocycles. The second-order valence-electron chi connectivity index (χ2n) is 5.46. The van der Waals surface area contributed by atoms with Crippen molar-refractivity contribution in [2.24, 2.45) is 0 Å². The van der Waals surface area contributed by atoms with Gasteiger partial charge in [-0.25, -0.2) is 4.98 Å². The summed E-state index contributed by atoms with van der Waals surface area (Å²) in [4.78, 5) is 16.1. The van der Waals surface area contributed by atoms with Crippen LogP contribution in [0.25, 0.3) is 22.6 Å². The number of hydrogen-bond donors (Lipinski definition) is 2. The third-order valence-electron chi connectivity index (χ3n) is 3.45. The Morgan fingerprint density at radius 2 is 2.12 bits per heavy atom. The Bertz CT molecular complexity index is 939. The first-order valence-electron chi connectivity index (χ1n) is 7.82. The molecule has 1 amide bonds. The molecule has 0 fully saturated rings. The van der Waals surface area contributed by atoms with Gasteiger partial charge in [0.1, 0.15) is 5.52 Å². The van der Waals surface area contributed by atoms with Gasteiger partial charge in [-0.1, -0.05) is 28.9 Å². The third-order valence-corrected chi connectivity index (χ3v) is 4.14. The summed E-state index contributed by atoms with van der Waals surface area (Å²) in [5.74, 6) is 0.451. The van der Waals surface area contributed by atoms with Crippen LogP contribution in [0, 0.1) is 0 Å². The smallest absolute Gasteiger partial charge is 0.227 e. The van der Waals surface area contributed by atoms with Crippen molar-refractivity contribution in [1.29, 1.82) is 0 Å². The summed E-state index contributed by atoms with van der Waals surface area (Å²) in [5.41, 5.74) is 3.02. The number of benzene rings is 2. The summed E-state index contributed by atoms with van der Waals surface area (Å²) < 4.78 is 6.76. The number of carbonyl (C=O) groups is 1. The molecule has 0 aliphatic rings. The number of amides is 1. The van der Waals surface area contributed by atoms with E-state index in [0.29, 0.717) is 23.4 Å². The summed E-state index contributed by atoms with van der Waals surface area (Å²) in [6.45, 7) is 1.94. The van der Waals surface area contributed by atoms with Gasteiger partial charge in [-0.05, 0) is 55.0 Å². The minimum Gasteiger partial charge on any atom is -0.436 e. The molecule has 0 spiro atoms. The van der Waals surface area contributed by atoms with E-state index in [0.717, 1.165) is 22.1 Å². The Kier molecular flexibility index (Phi) is 5.45. The van der Waals surface area contributed by atoms with Crippen molar-refractivity contribution in [2.45, 2.75) is 19.8 Å². The Labute approximate surface area is 158 Å². The Hall–Kier alpha value is -2.25. The zero-order chi connectivity index (χ0) is 17.8. The van der Waals surface area contributed by atoms with Crippen molar-refractivity contribution in [1.82, 2.24) is 10.3 Å². The first-order valence-corrected chi connectivity index (χ1v) is 9.02. The van der Waals surface area contributed by atoms with Crippen LogP contribution >= 0.6 is 28.1 Å². The SMILES string of the molecule is CCCC(=O)NC(=S)Nc1ccc2oc(-c3cccc(Br)c3)nc2c1. The molecule has 0 aliphatic carbocycles. The Balaban J connectivity index is 1.78. The summed E-state index contributed by atoms with van der Waals surface area (Å²) in [7, 11) is 0. The van der Waals surface area contributed by atoms with Crippen LogP contribution in [-0.2, 0) is 4.79 Å². The standard InChI is InChI=1S/C18H16BrN3O2S/c1-2-4-16(23)22-18(25)20-13-7-8-15-14(10-13)21-17(24-15)11-5-3-6-12(19)9-11/h3,5-10H,2,4H2,1H3,(H2,20,22,23,25). The second-order valence-corrected chi connectivity index (χ2v) is 6.79. The molecular formula is C18H16BrN3O2S. The fraction of sp³-hybridized carbons (Fsp3) is 0.167. The number of oxazole rings is 1. The number of fused-ring (bicyclic) bond motifs is 1. The molecule has 7 heteroatoms. The van der Waals surface area contributed by atoms with E-state index in [1.165, 1.54) is 0 Å². The molecule has 0 atom stereocenters. The molecule has 0 unspecified atom stereocenters. The van der Waals surface area contributed by atoms with Gasteiger partial charge in [0.25, 0.3) is 0 Å². The number of hydrogen-bond acceptors (Lipinski definition) is 4. The normalized spacial score (nSPS) is 10.6. The molecule has 0 aliphatic heterocycles. The lowest BCUT2D eigenvalue weighted by Gasteiger charge is -2.08. The van der Waals surface area contributed by atoms with E-state index < -0.39 is 0 Å². The van der Waals surface area contributed by atoms with Crippen LogP contribution in [-0.4, -0.2) is 16.0 Å². The summed E-state index contributed by atoms with van der Waals surface area (Å²) in [5, 5.41) is 5.91. The number of aromatic nitrogens is 1. The van der Waals surface area contributed by atoms with Gasteiger partial charge < -0.3 is 15.1 Å². The van der Waals surface area contributed by atoms with Gasteiger partial charge in [0.15, 0.2) is 10.7 Å². The Morgan fingerprint density at radius 3 is 2.88 bits per heavy atom. The van der Waals surface area contributed by atoms with Crippen LogP contribution in [0.4, 0.5) is 5.69 Å². The maximum atomic E-state index is 11.6. The highest BCUT2D eigenvalue weighted by Crippen LogP contribution is 2.27. The van der Waals surface area contributed by atoms with Crippen LogP contribution < -0.4 is 10.6 Å². The van der Waals surface area contributed by atoms with Gasteiger partial charge in [0.05, 0.1) is 0 Å². The molecule has 2 aromatic carbocycles. The molecule has 0 radical (unpaired) electrons. The molecule has 128 valence electrons. The van der Waals surface area contributed by atoms with Gasteiger partial charge in [-0.2, -0.15) is 0 Å². The van der Waals surface area contributed by atoms with Crippen LogP contribution in [0.5, 0.6) is 0 Å². The lowest BCUT2D eigenvalue weighted by molar-refractivity contribution is -0.119.